The smallest absolute Gasteiger partial charge is 0.177 e. The maximum atomic E-state index is 6.22. The van der Waals surface area contributed by atoms with Crippen molar-refractivity contribution < 1.29 is 9.15 Å². The number of benzene rings is 2. The predicted molar refractivity (Wildman–Crippen MR) is 128 cm³/mol. The summed E-state index contributed by atoms with van der Waals surface area (Å²) in [6, 6.07) is 16.2. The van der Waals surface area contributed by atoms with Crippen LogP contribution in [-0.4, -0.2) is 57.7 Å². The highest BCUT2D eigenvalue weighted by Crippen LogP contribution is 2.36. The highest BCUT2D eigenvalue weighted by molar-refractivity contribution is 6.13. The molecule has 0 bridgehead atoms. The van der Waals surface area contributed by atoms with E-state index in [1.165, 1.54) is 0 Å². The van der Waals surface area contributed by atoms with Crippen LogP contribution in [0.25, 0.3) is 33.0 Å². The van der Waals surface area contributed by atoms with Gasteiger partial charge in [0.15, 0.2) is 5.58 Å². The fourth-order valence-corrected chi connectivity index (χ4v) is 4.50. The number of aromatic nitrogens is 4. The summed E-state index contributed by atoms with van der Waals surface area (Å²) in [5.41, 5.74) is 5.25. The van der Waals surface area contributed by atoms with Crippen LogP contribution in [0.5, 0.6) is 0 Å². The van der Waals surface area contributed by atoms with Crippen molar-refractivity contribution in [1.29, 1.82) is 0 Å². The Morgan fingerprint density at radius 2 is 1.76 bits per heavy atom. The molecule has 0 aliphatic carbocycles. The van der Waals surface area contributed by atoms with Gasteiger partial charge in [0.2, 0.25) is 0 Å². The van der Waals surface area contributed by atoms with Crippen LogP contribution >= 0.6 is 0 Å². The first kappa shape index (κ1) is 20.1. The molecule has 0 atom stereocenters. The summed E-state index contributed by atoms with van der Waals surface area (Å²) in [5, 5.41) is 14.3. The van der Waals surface area contributed by atoms with Gasteiger partial charge >= 0.3 is 0 Å². The topological polar surface area (TPSA) is 81.2 Å². The molecule has 1 N–H and O–H groups in total. The number of aryl methyl sites for hydroxylation is 1. The molecule has 4 heterocycles. The molecule has 1 aliphatic rings. The number of hydrogen-bond acceptors (Lipinski definition) is 7. The van der Waals surface area contributed by atoms with Gasteiger partial charge in [-0.05, 0) is 24.6 Å². The van der Waals surface area contributed by atoms with E-state index in [-0.39, 0.29) is 0 Å². The number of pyridine rings is 1. The lowest BCUT2D eigenvalue weighted by atomic mass is 10.1. The number of nitrogens with zero attached hydrogens (tertiary/aromatic N) is 5. The summed E-state index contributed by atoms with van der Waals surface area (Å²) in [4.78, 5) is 7.32. The molecule has 2 aromatic carbocycles. The molecule has 6 rings (SSSR count). The molecule has 0 radical (unpaired) electrons. The molecule has 8 heteroatoms. The maximum absolute atomic E-state index is 6.22. The van der Waals surface area contributed by atoms with E-state index in [0.717, 1.165) is 90.2 Å². The van der Waals surface area contributed by atoms with Gasteiger partial charge < -0.3 is 14.5 Å². The zero-order valence-electron chi connectivity index (χ0n) is 18.4. The van der Waals surface area contributed by atoms with E-state index >= 15 is 0 Å². The average Bonchev–Trinajstić information content (AvgIpc) is 3.47. The van der Waals surface area contributed by atoms with Crippen LogP contribution in [0, 0.1) is 0 Å². The Morgan fingerprint density at radius 1 is 0.939 bits per heavy atom. The second-order valence-corrected chi connectivity index (χ2v) is 8.41. The number of anilines is 1. The third-order valence-electron chi connectivity index (χ3n) is 6.20. The van der Waals surface area contributed by atoms with Crippen LogP contribution in [0.3, 0.4) is 0 Å². The summed E-state index contributed by atoms with van der Waals surface area (Å²) < 4.78 is 13.6. The SMILES string of the molecule is c1ccc2c(NCc3cn(CCCN4CCOCC4)nn3)c3oc4ccccc4c3nc2c1. The lowest BCUT2D eigenvalue weighted by molar-refractivity contribution is 0.0368. The Kier molecular flexibility index (Phi) is 5.37. The summed E-state index contributed by atoms with van der Waals surface area (Å²) in [7, 11) is 0. The molecule has 8 nitrogen and oxygen atoms in total. The van der Waals surface area contributed by atoms with Crippen molar-refractivity contribution >= 4 is 38.7 Å². The van der Waals surface area contributed by atoms with Crippen molar-refractivity contribution in [3.8, 4) is 0 Å². The van der Waals surface area contributed by atoms with Gasteiger partial charge in [0.1, 0.15) is 16.8 Å². The van der Waals surface area contributed by atoms with E-state index in [2.05, 4.69) is 32.7 Å². The fraction of sp³-hybridized carbons (Fsp3) is 0.320. The minimum absolute atomic E-state index is 0.559. The van der Waals surface area contributed by atoms with E-state index in [0.29, 0.717) is 6.54 Å². The number of ether oxygens (including phenoxy) is 1. The van der Waals surface area contributed by atoms with Crippen LogP contribution in [0.15, 0.2) is 59.1 Å². The third kappa shape index (κ3) is 4.03. The zero-order valence-corrected chi connectivity index (χ0v) is 18.4. The molecule has 3 aromatic heterocycles. The van der Waals surface area contributed by atoms with Crippen molar-refractivity contribution in [2.24, 2.45) is 0 Å². The molecule has 168 valence electrons. The first-order valence-corrected chi connectivity index (χ1v) is 11.5. The minimum Gasteiger partial charge on any atom is -0.452 e. The van der Waals surface area contributed by atoms with Gasteiger partial charge in [-0.15, -0.1) is 5.10 Å². The molecular weight excluding hydrogens is 416 g/mol. The Hall–Kier alpha value is -3.49. The van der Waals surface area contributed by atoms with Gasteiger partial charge in [-0.3, -0.25) is 9.58 Å². The number of morpholine rings is 1. The predicted octanol–water partition coefficient (Wildman–Crippen LogP) is 4.06. The summed E-state index contributed by atoms with van der Waals surface area (Å²) in [5.74, 6) is 0. The average molecular weight is 443 g/mol. The number of nitrogens with one attached hydrogen (secondary N) is 1. The van der Waals surface area contributed by atoms with Crippen molar-refractivity contribution in [1.82, 2.24) is 24.9 Å². The van der Waals surface area contributed by atoms with Crippen LogP contribution in [0.1, 0.15) is 12.1 Å². The van der Waals surface area contributed by atoms with Gasteiger partial charge in [-0.1, -0.05) is 35.5 Å². The summed E-state index contributed by atoms with van der Waals surface area (Å²) in [6.07, 6.45) is 3.07. The molecular formula is C25H26N6O2. The van der Waals surface area contributed by atoms with Crippen molar-refractivity contribution in [2.75, 3.05) is 38.2 Å². The van der Waals surface area contributed by atoms with Crippen molar-refractivity contribution in [3.05, 3.63) is 60.4 Å². The Morgan fingerprint density at radius 3 is 2.67 bits per heavy atom. The number of para-hydroxylation sites is 2. The molecule has 1 fully saturated rings. The molecule has 0 spiro atoms. The van der Waals surface area contributed by atoms with Gasteiger partial charge in [0, 0.05) is 37.0 Å². The lowest BCUT2D eigenvalue weighted by Crippen LogP contribution is -2.37. The van der Waals surface area contributed by atoms with E-state index in [1.807, 2.05) is 47.3 Å². The number of hydrogen-bond donors (Lipinski definition) is 1. The van der Waals surface area contributed by atoms with Gasteiger partial charge in [0.25, 0.3) is 0 Å². The van der Waals surface area contributed by atoms with E-state index < -0.39 is 0 Å². The van der Waals surface area contributed by atoms with E-state index in [1.54, 1.807) is 0 Å². The van der Waals surface area contributed by atoms with Crippen LogP contribution < -0.4 is 5.32 Å². The van der Waals surface area contributed by atoms with Gasteiger partial charge in [0.05, 0.1) is 37.2 Å². The van der Waals surface area contributed by atoms with Gasteiger partial charge in [-0.2, -0.15) is 0 Å². The molecule has 0 saturated carbocycles. The quantitative estimate of drug-likeness (QED) is 0.407. The third-order valence-corrected chi connectivity index (χ3v) is 6.20. The second kappa shape index (κ2) is 8.80. The minimum atomic E-state index is 0.559. The Balaban J connectivity index is 1.21. The summed E-state index contributed by atoms with van der Waals surface area (Å²) in [6.45, 7) is 6.18. The first-order valence-electron chi connectivity index (χ1n) is 11.5. The first-order chi connectivity index (χ1) is 16.3. The molecule has 1 aliphatic heterocycles. The Labute approximate surface area is 191 Å². The maximum Gasteiger partial charge on any atom is 0.177 e. The number of fused-ring (bicyclic) bond motifs is 4. The molecule has 0 amide bonds. The standard InChI is InChI=1S/C25H26N6O2/c1-3-8-21-19(6-1)23(25-24(27-21)20-7-2-4-9-22(20)33-25)26-16-18-17-31(29-28-18)11-5-10-30-12-14-32-15-13-30/h1-4,6-9,17H,5,10-16H2,(H,26,27). The van der Waals surface area contributed by atoms with E-state index in [4.69, 9.17) is 14.1 Å². The van der Waals surface area contributed by atoms with Crippen molar-refractivity contribution in [2.45, 2.75) is 19.5 Å². The monoisotopic (exact) mass is 442 g/mol. The largest absolute Gasteiger partial charge is 0.452 e. The molecule has 5 aromatic rings. The van der Waals surface area contributed by atoms with Crippen molar-refractivity contribution in [3.63, 3.8) is 0 Å². The summed E-state index contributed by atoms with van der Waals surface area (Å²) >= 11 is 0. The van der Waals surface area contributed by atoms with Crippen LogP contribution in [-0.2, 0) is 17.8 Å². The molecule has 1 saturated heterocycles. The van der Waals surface area contributed by atoms with E-state index in [9.17, 15) is 0 Å². The zero-order chi connectivity index (χ0) is 22.0. The fourth-order valence-electron chi connectivity index (χ4n) is 4.50. The molecule has 33 heavy (non-hydrogen) atoms. The second-order valence-electron chi connectivity index (χ2n) is 8.41. The normalized spacial score (nSPS) is 15.0. The van der Waals surface area contributed by atoms with Crippen LogP contribution in [0.4, 0.5) is 5.69 Å². The Bertz CT molecular complexity index is 1400. The van der Waals surface area contributed by atoms with Crippen LogP contribution in [0.2, 0.25) is 0 Å². The molecule has 0 unspecified atom stereocenters. The number of furan rings is 1. The lowest BCUT2D eigenvalue weighted by Gasteiger charge is -2.26. The van der Waals surface area contributed by atoms with Gasteiger partial charge in [-0.25, -0.2) is 4.98 Å². The highest BCUT2D eigenvalue weighted by Gasteiger charge is 2.16. The highest BCUT2D eigenvalue weighted by atomic mass is 16.5. The number of rotatable bonds is 7.